The van der Waals surface area contributed by atoms with E-state index in [0.717, 1.165) is 5.56 Å². The van der Waals surface area contributed by atoms with Crippen molar-refractivity contribution >= 4 is 17.2 Å². The summed E-state index contributed by atoms with van der Waals surface area (Å²) in [7, 11) is 0. The Hall–Kier alpha value is -0.910. The van der Waals surface area contributed by atoms with E-state index in [1.165, 1.54) is 0 Å². The number of nitrogens with one attached hydrogen (secondary N) is 1. The lowest BCUT2D eigenvalue weighted by Crippen LogP contribution is -2.36. The lowest BCUT2D eigenvalue weighted by Gasteiger charge is -2.24. The number of amides is 1. The normalized spacial score (nSPS) is 23.3. The van der Waals surface area contributed by atoms with Crippen molar-refractivity contribution in [1.29, 1.82) is 0 Å². The van der Waals surface area contributed by atoms with Crippen LogP contribution in [0.5, 0.6) is 0 Å². The molecule has 2 heterocycles. The molecule has 1 aromatic rings. The molecule has 0 saturated carbocycles. The van der Waals surface area contributed by atoms with Crippen LogP contribution in [0.25, 0.3) is 0 Å². The Balaban J connectivity index is 2.09. The standard InChI is InChI=1S/C15H24N2O2S/c1-10(2)13-15(18)17(6-7-19-11(3)4)14(16-13)12-5-8-20-9-12/h5,8-11,13-14,16H,6-7H2,1-4H3. The predicted molar refractivity (Wildman–Crippen MR) is 81.6 cm³/mol. The number of carbonyl (C=O) groups is 1. The lowest BCUT2D eigenvalue weighted by molar-refractivity contribution is -0.131. The van der Waals surface area contributed by atoms with Crippen LogP contribution in [0.3, 0.4) is 0 Å². The highest BCUT2D eigenvalue weighted by Crippen LogP contribution is 2.29. The molecule has 112 valence electrons. The maximum absolute atomic E-state index is 12.5. The molecule has 4 nitrogen and oxygen atoms in total. The molecule has 0 aromatic carbocycles. The van der Waals surface area contributed by atoms with Gasteiger partial charge in [0.05, 0.1) is 18.8 Å². The highest BCUT2D eigenvalue weighted by atomic mass is 32.1. The number of ether oxygens (including phenoxy) is 1. The fourth-order valence-corrected chi connectivity index (χ4v) is 3.13. The first kappa shape index (κ1) is 15.5. The summed E-state index contributed by atoms with van der Waals surface area (Å²) in [5.74, 6) is 0.475. The second kappa shape index (κ2) is 6.70. The van der Waals surface area contributed by atoms with Gasteiger partial charge in [0.15, 0.2) is 0 Å². The molecule has 1 saturated heterocycles. The molecule has 1 fully saturated rings. The van der Waals surface area contributed by atoms with Gasteiger partial charge in [0, 0.05) is 6.54 Å². The average Bonchev–Trinajstić information content (AvgIpc) is 2.97. The smallest absolute Gasteiger partial charge is 0.241 e. The van der Waals surface area contributed by atoms with Crippen molar-refractivity contribution in [3.63, 3.8) is 0 Å². The number of nitrogens with zero attached hydrogens (tertiary/aromatic N) is 1. The van der Waals surface area contributed by atoms with E-state index in [9.17, 15) is 4.79 Å². The molecule has 2 unspecified atom stereocenters. The number of carbonyl (C=O) groups excluding carboxylic acids is 1. The van der Waals surface area contributed by atoms with E-state index in [0.29, 0.717) is 19.1 Å². The third kappa shape index (κ3) is 3.40. The van der Waals surface area contributed by atoms with Crippen molar-refractivity contribution in [1.82, 2.24) is 10.2 Å². The van der Waals surface area contributed by atoms with Crippen LogP contribution in [0.15, 0.2) is 16.8 Å². The second-order valence-corrected chi connectivity index (χ2v) is 6.58. The van der Waals surface area contributed by atoms with E-state index in [4.69, 9.17) is 4.74 Å². The zero-order valence-corrected chi connectivity index (χ0v) is 13.4. The summed E-state index contributed by atoms with van der Waals surface area (Å²) in [6, 6.07) is 1.98. The minimum Gasteiger partial charge on any atom is -0.377 e. The number of hydrogen-bond donors (Lipinski definition) is 1. The molecule has 0 spiro atoms. The Morgan fingerprint density at radius 1 is 1.40 bits per heavy atom. The molecule has 1 aromatic heterocycles. The Morgan fingerprint density at radius 3 is 2.70 bits per heavy atom. The molecular weight excluding hydrogens is 272 g/mol. The van der Waals surface area contributed by atoms with Crippen molar-refractivity contribution in [3.8, 4) is 0 Å². The molecule has 0 bridgehead atoms. The predicted octanol–water partition coefficient (Wildman–Crippen LogP) is 2.63. The third-order valence-electron chi connectivity index (χ3n) is 3.51. The zero-order chi connectivity index (χ0) is 14.7. The monoisotopic (exact) mass is 296 g/mol. The van der Waals surface area contributed by atoms with E-state index in [-0.39, 0.29) is 24.2 Å². The van der Waals surface area contributed by atoms with Crippen LogP contribution >= 0.6 is 11.3 Å². The Morgan fingerprint density at radius 2 is 2.15 bits per heavy atom. The van der Waals surface area contributed by atoms with Crippen molar-refractivity contribution in [2.24, 2.45) is 5.92 Å². The Bertz CT molecular complexity index is 431. The van der Waals surface area contributed by atoms with Gasteiger partial charge in [-0.1, -0.05) is 13.8 Å². The first-order chi connectivity index (χ1) is 9.50. The first-order valence-electron chi connectivity index (χ1n) is 7.21. The van der Waals surface area contributed by atoms with E-state index in [1.54, 1.807) is 11.3 Å². The van der Waals surface area contributed by atoms with Gasteiger partial charge in [0.1, 0.15) is 6.17 Å². The number of thiophene rings is 1. The molecule has 20 heavy (non-hydrogen) atoms. The van der Waals surface area contributed by atoms with Gasteiger partial charge in [-0.25, -0.2) is 0 Å². The van der Waals surface area contributed by atoms with Crippen molar-refractivity contribution < 1.29 is 9.53 Å². The summed E-state index contributed by atoms with van der Waals surface area (Å²) in [6.07, 6.45) is 0.179. The highest BCUT2D eigenvalue weighted by Gasteiger charge is 2.40. The van der Waals surface area contributed by atoms with Gasteiger partial charge >= 0.3 is 0 Å². The molecule has 1 aliphatic rings. The summed E-state index contributed by atoms with van der Waals surface area (Å²) < 4.78 is 5.59. The average molecular weight is 296 g/mol. The van der Waals surface area contributed by atoms with Crippen molar-refractivity contribution in [2.45, 2.75) is 46.0 Å². The van der Waals surface area contributed by atoms with Crippen LogP contribution in [0.4, 0.5) is 0 Å². The highest BCUT2D eigenvalue weighted by molar-refractivity contribution is 7.07. The van der Waals surface area contributed by atoms with E-state index in [2.05, 4.69) is 30.6 Å². The van der Waals surface area contributed by atoms with Gasteiger partial charge in [-0.15, -0.1) is 0 Å². The van der Waals surface area contributed by atoms with Crippen LogP contribution in [-0.2, 0) is 9.53 Å². The van der Waals surface area contributed by atoms with Gasteiger partial charge in [0.2, 0.25) is 5.91 Å². The summed E-state index contributed by atoms with van der Waals surface area (Å²) in [4.78, 5) is 14.5. The van der Waals surface area contributed by atoms with Gasteiger partial charge in [-0.2, -0.15) is 11.3 Å². The van der Waals surface area contributed by atoms with Crippen LogP contribution < -0.4 is 5.32 Å². The summed E-state index contributed by atoms with van der Waals surface area (Å²) >= 11 is 1.66. The zero-order valence-electron chi connectivity index (χ0n) is 12.6. The first-order valence-corrected chi connectivity index (χ1v) is 8.15. The largest absolute Gasteiger partial charge is 0.377 e. The van der Waals surface area contributed by atoms with Crippen LogP contribution in [0.2, 0.25) is 0 Å². The minimum absolute atomic E-state index is 0.0167. The van der Waals surface area contributed by atoms with Crippen molar-refractivity contribution in [3.05, 3.63) is 22.4 Å². The summed E-state index contributed by atoms with van der Waals surface area (Å²) in [5, 5.41) is 7.61. The van der Waals surface area contributed by atoms with Crippen LogP contribution in [-0.4, -0.2) is 36.1 Å². The molecule has 1 aliphatic heterocycles. The molecular formula is C15H24N2O2S. The van der Waals surface area contributed by atoms with Gasteiger partial charge in [-0.3, -0.25) is 10.1 Å². The SMILES string of the molecule is CC(C)OCCN1C(=O)C(C(C)C)NC1c1ccsc1. The molecule has 5 heteroatoms. The molecule has 0 aliphatic carbocycles. The van der Waals surface area contributed by atoms with Gasteiger partial charge in [0.25, 0.3) is 0 Å². The minimum atomic E-state index is -0.0982. The van der Waals surface area contributed by atoms with Crippen LogP contribution in [0, 0.1) is 5.92 Å². The topological polar surface area (TPSA) is 41.6 Å². The van der Waals surface area contributed by atoms with E-state index < -0.39 is 0 Å². The van der Waals surface area contributed by atoms with Crippen LogP contribution in [0.1, 0.15) is 39.4 Å². The van der Waals surface area contributed by atoms with Gasteiger partial charge < -0.3 is 9.64 Å². The fraction of sp³-hybridized carbons (Fsp3) is 0.667. The van der Waals surface area contributed by atoms with E-state index in [1.807, 2.05) is 24.1 Å². The fourth-order valence-electron chi connectivity index (χ4n) is 2.45. The van der Waals surface area contributed by atoms with Gasteiger partial charge in [-0.05, 0) is 42.2 Å². The maximum Gasteiger partial charge on any atom is 0.241 e. The quantitative estimate of drug-likeness (QED) is 0.877. The Kier molecular flexibility index (Phi) is 5.18. The summed E-state index contributed by atoms with van der Waals surface area (Å²) in [5.41, 5.74) is 1.16. The summed E-state index contributed by atoms with van der Waals surface area (Å²) in [6.45, 7) is 9.39. The van der Waals surface area contributed by atoms with E-state index >= 15 is 0 Å². The Labute approximate surface area is 125 Å². The molecule has 1 amide bonds. The lowest BCUT2D eigenvalue weighted by atomic mass is 10.1. The number of hydrogen-bond acceptors (Lipinski definition) is 4. The molecule has 0 radical (unpaired) electrons. The molecule has 1 N–H and O–H groups in total. The third-order valence-corrected chi connectivity index (χ3v) is 4.21. The van der Waals surface area contributed by atoms with Crippen molar-refractivity contribution in [2.75, 3.05) is 13.2 Å². The molecule has 2 rings (SSSR count). The number of rotatable bonds is 6. The maximum atomic E-state index is 12.5. The molecule has 2 atom stereocenters. The second-order valence-electron chi connectivity index (χ2n) is 5.80.